The van der Waals surface area contributed by atoms with E-state index in [2.05, 4.69) is 31.1 Å². The summed E-state index contributed by atoms with van der Waals surface area (Å²) >= 11 is 0. The molecule has 1 aromatic rings. The van der Waals surface area contributed by atoms with Gasteiger partial charge in [-0.15, -0.1) is 5.10 Å². The van der Waals surface area contributed by atoms with E-state index < -0.39 is 5.97 Å². The molecule has 1 aromatic heterocycles. The van der Waals surface area contributed by atoms with Crippen LogP contribution in [0, 0.1) is 5.92 Å². The second kappa shape index (κ2) is 4.35. The zero-order chi connectivity index (χ0) is 13.5. The highest BCUT2D eigenvalue weighted by atomic mass is 16.4. The van der Waals surface area contributed by atoms with Crippen LogP contribution in [0.15, 0.2) is 6.20 Å². The van der Waals surface area contributed by atoms with Gasteiger partial charge >= 0.3 is 5.97 Å². The minimum atomic E-state index is -0.774. The van der Waals surface area contributed by atoms with Gasteiger partial charge in [-0.3, -0.25) is 4.79 Å². The third-order valence-electron chi connectivity index (χ3n) is 3.54. The Morgan fingerprint density at radius 2 is 2.17 bits per heavy atom. The Kier molecular flexibility index (Phi) is 3.14. The van der Waals surface area contributed by atoms with Gasteiger partial charge in [0.1, 0.15) is 0 Å². The molecule has 0 radical (unpaired) electrons. The number of carbonyl (C=O) groups is 1. The monoisotopic (exact) mass is 252 g/mol. The van der Waals surface area contributed by atoms with E-state index in [1.165, 1.54) is 0 Å². The number of carboxylic acids is 1. The summed E-state index contributed by atoms with van der Waals surface area (Å²) in [6, 6.07) is -0.227. The number of nitrogens with zero attached hydrogens (tertiary/aromatic N) is 3. The quantitative estimate of drug-likeness (QED) is 0.816. The van der Waals surface area contributed by atoms with Crippen LogP contribution in [0.1, 0.15) is 45.3 Å². The Bertz CT molecular complexity index is 449. The smallest absolute Gasteiger partial charge is 0.306 e. The number of hydrogen-bond donors (Lipinski definition) is 2. The summed E-state index contributed by atoms with van der Waals surface area (Å²) in [4.78, 5) is 11.0. The molecule has 0 aromatic carbocycles. The first kappa shape index (κ1) is 13.0. The van der Waals surface area contributed by atoms with Crippen LogP contribution in [-0.4, -0.2) is 32.1 Å². The Hall–Kier alpha value is -1.43. The number of nitrogens with two attached hydrogens (primary N) is 1. The summed E-state index contributed by atoms with van der Waals surface area (Å²) in [5, 5.41) is 17.3. The molecule has 0 aliphatic heterocycles. The van der Waals surface area contributed by atoms with E-state index in [0.717, 1.165) is 5.69 Å². The number of aliphatic carboxylic acids is 1. The second-order valence-electron chi connectivity index (χ2n) is 6.07. The SMILES string of the molecule is CC(C)(C)c1cn([C@@H]2CC(C(=O)O)C[C@@H]2N)nn1. The van der Waals surface area contributed by atoms with Crippen LogP contribution < -0.4 is 5.73 Å². The molecule has 6 heteroatoms. The third kappa shape index (κ3) is 2.38. The third-order valence-corrected chi connectivity index (χ3v) is 3.54. The maximum Gasteiger partial charge on any atom is 0.306 e. The van der Waals surface area contributed by atoms with Crippen molar-refractivity contribution in [1.82, 2.24) is 15.0 Å². The van der Waals surface area contributed by atoms with Crippen molar-refractivity contribution in [3.8, 4) is 0 Å². The van der Waals surface area contributed by atoms with E-state index in [0.29, 0.717) is 12.8 Å². The zero-order valence-electron chi connectivity index (χ0n) is 11.0. The van der Waals surface area contributed by atoms with Crippen LogP contribution in [0.2, 0.25) is 0 Å². The predicted molar refractivity (Wildman–Crippen MR) is 66.1 cm³/mol. The normalized spacial score (nSPS) is 28.6. The van der Waals surface area contributed by atoms with Crippen molar-refractivity contribution in [1.29, 1.82) is 0 Å². The van der Waals surface area contributed by atoms with E-state index in [9.17, 15) is 4.79 Å². The molecule has 1 heterocycles. The van der Waals surface area contributed by atoms with Gasteiger partial charge in [0, 0.05) is 17.7 Å². The van der Waals surface area contributed by atoms with Gasteiger partial charge in [-0.25, -0.2) is 4.68 Å². The molecule has 2 rings (SSSR count). The first-order chi connectivity index (χ1) is 8.29. The fourth-order valence-electron chi connectivity index (χ4n) is 2.34. The Labute approximate surface area is 106 Å². The first-order valence-electron chi connectivity index (χ1n) is 6.19. The van der Waals surface area contributed by atoms with Gasteiger partial charge in [0.15, 0.2) is 0 Å². The molecule has 1 aliphatic carbocycles. The fourth-order valence-corrected chi connectivity index (χ4v) is 2.34. The summed E-state index contributed by atoms with van der Waals surface area (Å²) in [6.07, 6.45) is 2.92. The molecule has 3 N–H and O–H groups in total. The molecule has 0 saturated heterocycles. The molecule has 0 amide bonds. The standard InChI is InChI=1S/C12H20N4O2/c1-12(2,3)10-6-16(15-14-10)9-5-7(11(17)18)4-8(9)13/h6-9H,4-5,13H2,1-3H3,(H,17,18)/t7?,8-,9+/m0/s1. The van der Waals surface area contributed by atoms with Crippen molar-refractivity contribution in [2.45, 2.75) is 51.1 Å². The zero-order valence-corrected chi connectivity index (χ0v) is 11.0. The van der Waals surface area contributed by atoms with Gasteiger partial charge in [0.25, 0.3) is 0 Å². The summed E-state index contributed by atoms with van der Waals surface area (Å²) in [5.74, 6) is -1.14. The van der Waals surface area contributed by atoms with E-state index in [1.807, 2.05) is 6.20 Å². The lowest BCUT2D eigenvalue weighted by molar-refractivity contribution is -0.141. The molecule has 18 heavy (non-hydrogen) atoms. The van der Waals surface area contributed by atoms with Crippen molar-refractivity contribution in [3.63, 3.8) is 0 Å². The van der Waals surface area contributed by atoms with Crippen LogP contribution >= 0.6 is 0 Å². The lowest BCUT2D eigenvalue weighted by atomic mass is 9.93. The average molecular weight is 252 g/mol. The Balaban J connectivity index is 2.18. The van der Waals surface area contributed by atoms with Crippen molar-refractivity contribution in [2.24, 2.45) is 11.7 Å². The van der Waals surface area contributed by atoms with Gasteiger partial charge in [-0.2, -0.15) is 0 Å². The molecule has 100 valence electrons. The minimum Gasteiger partial charge on any atom is -0.481 e. The number of aromatic nitrogens is 3. The molecule has 1 saturated carbocycles. The fraction of sp³-hybridized carbons (Fsp3) is 0.750. The summed E-state index contributed by atoms with van der Waals surface area (Å²) in [6.45, 7) is 6.20. The van der Waals surface area contributed by atoms with E-state index in [4.69, 9.17) is 10.8 Å². The van der Waals surface area contributed by atoms with E-state index in [-0.39, 0.29) is 23.4 Å². The molecule has 3 atom stereocenters. The lowest BCUT2D eigenvalue weighted by Crippen LogP contribution is -2.27. The highest BCUT2D eigenvalue weighted by Crippen LogP contribution is 2.34. The van der Waals surface area contributed by atoms with Gasteiger partial charge in [-0.05, 0) is 12.8 Å². The molecule has 0 spiro atoms. The van der Waals surface area contributed by atoms with Gasteiger partial charge in [0.05, 0.1) is 17.7 Å². The predicted octanol–water partition coefficient (Wildman–Crippen LogP) is 0.939. The van der Waals surface area contributed by atoms with Crippen molar-refractivity contribution >= 4 is 5.97 Å². The second-order valence-corrected chi connectivity index (χ2v) is 6.07. The van der Waals surface area contributed by atoms with Crippen LogP contribution in [0.3, 0.4) is 0 Å². The molecular formula is C12H20N4O2. The first-order valence-corrected chi connectivity index (χ1v) is 6.19. The topological polar surface area (TPSA) is 94.0 Å². The van der Waals surface area contributed by atoms with Crippen molar-refractivity contribution in [2.75, 3.05) is 0 Å². The van der Waals surface area contributed by atoms with Crippen molar-refractivity contribution in [3.05, 3.63) is 11.9 Å². The van der Waals surface area contributed by atoms with Gasteiger partial charge < -0.3 is 10.8 Å². The Morgan fingerprint density at radius 3 is 2.61 bits per heavy atom. The molecule has 0 bridgehead atoms. The van der Waals surface area contributed by atoms with E-state index in [1.54, 1.807) is 4.68 Å². The molecular weight excluding hydrogens is 232 g/mol. The lowest BCUT2D eigenvalue weighted by Gasteiger charge is -2.16. The highest BCUT2D eigenvalue weighted by molar-refractivity contribution is 5.70. The van der Waals surface area contributed by atoms with E-state index >= 15 is 0 Å². The van der Waals surface area contributed by atoms with Gasteiger partial charge in [0.2, 0.25) is 0 Å². The minimum absolute atomic E-state index is 0.0605. The van der Waals surface area contributed by atoms with Gasteiger partial charge in [-0.1, -0.05) is 26.0 Å². The number of carboxylic acid groups (broad SMARTS) is 1. The van der Waals surface area contributed by atoms with Crippen LogP contribution in [0.5, 0.6) is 0 Å². The number of hydrogen-bond acceptors (Lipinski definition) is 4. The average Bonchev–Trinajstić information content (AvgIpc) is 2.81. The molecule has 1 fully saturated rings. The number of rotatable bonds is 2. The summed E-state index contributed by atoms with van der Waals surface area (Å²) in [5.41, 5.74) is 6.84. The maximum atomic E-state index is 11.0. The van der Waals surface area contributed by atoms with Crippen LogP contribution in [-0.2, 0) is 10.2 Å². The Morgan fingerprint density at radius 1 is 1.50 bits per heavy atom. The highest BCUT2D eigenvalue weighted by Gasteiger charge is 2.37. The van der Waals surface area contributed by atoms with Crippen LogP contribution in [0.25, 0.3) is 0 Å². The van der Waals surface area contributed by atoms with Crippen LogP contribution in [0.4, 0.5) is 0 Å². The molecule has 1 unspecified atom stereocenters. The maximum absolute atomic E-state index is 11.0. The summed E-state index contributed by atoms with van der Waals surface area (Å²) < 4.78 is 1.73. The molecule has 1 aliphatic rings. The summed E-state index contributed by atoms with van der Waals surface area (Å²) in [7, 11) is 0. The largest absolute Gasteiger partial charge is 0.481 e. The van der Waals surface area contributed by atoms with Crippen molar-refractivity contribution < 1.29 is 9.90 Å². The molecule has 6 nitrogen and oxygen atoms in total.